The van der Waals surface area contributed by atoms with E-state index in [2.05, 4.69) is 26.9 Å². The second-order valence-electron chi connectivity index (χ2n) is 9.07. The standard InChI is InChI=1S/C28H35ClN4O4/c1-6-9-18(4)37-24-15-12-20(17-30-24)25-31-26(33-27(35)32-25)21-16-19(10-13-22(21)29)11-14-23(34)28(7-2,8-3)36-5/h10,12-13,15-18H,6-9,11,14H2,1-5H3,(H,31,32,33,35)/t18-/m1/s1. The van der Waals surface area contributed by atoms with E-state index < -0.39 is 11.3 Å². The predicted octanol–water partition coefficient (Wildman–Crippen LogP) is 5.82. The van der Waals surface area contributed by atoms with Gasteiger partial charge in [-0.25, -0.2) is 14.8 Å². The molecule has 8 nitrogen and oxygen atoms in total. The first-order valence-corrected chi connectivity index (χ1v) is 13.1. The van der Waals surface area contributed by atoms with E-state index in [1.807, 2.05) is 32.9 Å². The molecule has 0 spiro atoms. The van der Waals surface area contributed by atoms with Crippen LogP contribution in [0, 0.1) is 0 Å². The molecule has 0 saturated carbocycles. The number of H-pyrrole nitrogens is 1. The number of aromatic amines is 1. The minimum absolute atomic E-state index is 0.0605. The summed E-state index contributed by atoms with van der Waals surface area (Å²) in [4.78, 5) is 40.9. The van der Waals surface area contributed by atoms with Crippen molar-refractivity contribution >= 4 is 17.4 Å². The minimum atomic E-state index is -0.759. The Balaban J connectivity index is 1.84. The summed E-state index contributed by atoms with van der Waals surface area (Å²) >= 11 is 6.48. The molecule has 2 heterocycles. The fourth-order valence-corrected chi connectivity index (χ4v) is 4.54. The summed E-state index contributed by atoms with van der Waals surface area (Å²) in [5.74, 6) is 1.09. The highest BCUT2D eigenvalue weighted by molar-refractivity contribution is 6.33. The monoisotopic (exact) mass is 526 g/mol. The van der Waals surface area contributed by atoms with Gasteiger partial charge in [-0.3, -0.25) is 9.78 Å². The molecule has 0 saturated heterocycles. The fraction of sp³-hybridized carbons (Fsp3) is 0.464. The third-order valence-electron chi connectivity index (χ3n) is 6.63. The summed E-state index contributed by atoms with van der Waals surface area (Å²) < 4.78 is 11.4. The van der Waals surface area contributed by atoms with Gasteiger partial charge in [0.05, 0.1) is 11.1 Å². The highest BCUT2D eigenvalue weighted by atomic mass is 35.5. The summed E-state index contributed by atoms with van der Waals surface area (Å²) in [7, 11) is 1.58. The average molecular weight is 527 g/mol. The molecule has 2 aromatic heterocycles. The first-order chi connectivity index (χ1) is 17.7. The minimum Gasteiger partial charge on any atom is -0.475 e. The molecule has 0 amide bonds. The number of Topliss-reactive ketones (excluding diaryl/α,β-unsaturated/α-hetero) is 1. The Morgan fingerprint density at radius 2 is 1.89 bits per heavy atom. The van der Waals surface area contributed by atoms with Crippen molar-refractivity contribution in [3.8, 4) is 28.7 Å². The molecule has 0 aliphatic rings. The maximum Gasteiger partial charge on any atom is 0.348 e. The van der Waals surface area contributed by atoms with Gasteiger partial charge in [0, 0.05) is 36.9 Å². The second kappa shape index (κ2) is 12.9. The lowest BCUT2D eigenvalue weighted by Crippen LogP contribution is -2.39. The van der Waals surface area contributed by atoms with Crippen molar-refractivity contribution in [1.82, 2.24) is 19.9 Å². The van der Waals surface area contributed by atoms with Crippen LogP contribution in [0.3, 0.4) is 0 Å². The van der Waals surface area contributed by atoms with Gasteiger partial charge in [-0.15, -0.1) is 0 Å². The van der Waals surface area contributed by atoms with Crippen molar-refractivity contribution in [2.75, 3.05) is 7.11 Å². The maximum absolute atomic E-state index is 12.9. The van der Waals surface area contributed by atoms with E-state index in [-0.39, 0.29) is 17.7 Å². The Kier molecular flexibility index (Phi) is 9.94. The summed E-state index contributed by atoms with van der Waals surface area (Å²) in [6.45, 7) is 8.01. The molecule has 9 heteroatoms. The molecule has 0 fully saturated rings. The first kappa shape index (κ1) is 28.5. The number of carbonyl (C=O) groups excluding carboxylic acids is 1. The number of rotatable bonds is 13. The largest absolute Gasteiger partial charge is 0.475 e. The molecule has 0 radical (unpaired) electrons. The van der Waals surface area contributed by atoms with E-state index in [1.54, 1.807) is 31.5 Å². The van der Waals surface area contributed by atoms with E-state index in [0.29, 0.717) is 53.5 Å². The van der Waals surface area contributed by atoms with Crippen LogP contribution in [0.5, 0.6) is 5.88 Å². The van der Waals surface area contributed by atoms with Gasteiger partial charge in [0.15, 0.2) is 11.6 Å². The van der Waals surface area contributed by atoms with Crippen molar-refractivity contribution < 1.29 is 14.3 Å². The number of nitrogens with one attached hydrogen (secondary N) is 1. The molecular formula is C28H35ClN4O4. The normalized spacial score (nSPS) is 12.4. The zero-order valence-corrected chi connectivity index (χ0v) is 22.9. The number of ketones is 1. The van der Waals surface area contributed by atoms with Gasteiger partial charge in [0.2, 0.25) is 5.88 Å². The molecule has 0 bridgehead atoms. The number of aromatic nitrogens is 4. The van der Waals surface area contributed by atoms with Crippen molar-refractivity contribution in [3.63, 3.8) is 0 Å². The van der Waals surface area contributed by atoms with Crippen LogP contribution in [0.2, 0.25) is 5.02 Å². The number of carbonyl (C=O) groups is 1. The summed E-state index contributed by atoms with van der Waals surface area (Å²) in [6.07, 6.45) is 5.68. The van der Waals surface area contributed by atoms with Gasteiger partial charge in [-0.2, -0.15) is 4.98 Å². The summed E-state index contributed by atoms with van der Waals surface area (Å²) in [5, 5.41) is 0.426. The number of pyridine rings is 1. The van der Waals surface area contributed by atoms with Gasteiger partial charge in [-0.05, 0) is 56.4 Å². The van der Waals surface area contributed by atoms with Crippen LogP contribution >= 0.6 is 11.6 Å². The van der Waals surface area contributed by atoms with Gasteiger partial charge >= 0.3 is 5.69 Å². The van der Waals surface area contributed by atoms with Gasteiger partial charge in [-0.1, -0.05) is 44.9 Å². The number of nitrogens with zero attached hydrogens (tertiary/aromatic N) is 3. The Morgan fingerprint density at radius 1 is 1.14 bits per heavy atom. The lowest BCUT2D eigenvalue weighted by atomic mass is 9.88. The Morgan fingerprint density at radius 3 is 2.51 bits per heavy atom. The van der Waals surface area contributed by atoms with Gasteiger partial charge in [0.25, 0.3) is 0 Å². The summed E-state index contributed by atoms with van der Waals surface area (Å²) in [5.41, 5.74) is 0.720. The van der Waals surface area contributed by atoms with Crippen molar-refractivity contribution in [2.45, 2.75) is 77.9 Å². The van der Waals surface area contributed by atoms with E-state index >= 15 is 0 Å². The molecule has 1 aromatic carbocycles. The molecule has 1 atom stereocenters. The quantitative estimate of drug-likeness (QED) is 0.299. The third kappa shape index (κ3) is 7.02. The van der Waals surface area contributed by atoms with E-state index in [0.717, 1.165) is 18.4 Å². The topological polar surface area (TPSA) is 107 Å². The lowest BCUT2D eigenvalue weighted by molar-refractivity contribution is -0.142. The first-order valence-electron chi connectivity index (χ1n) is 12.7. The number of hydrogen-bond acceptors (Lipinski definition) is 7. The highest BCUT2D eigenvalue weighted by Crippen LogP contribution is 2.29. The van der Waals surface area contributed by atoms with Crippen molar-refractivity contribution in [3.05, 3.63) is 57.6 Å². The highest BCUT2D eigenvalue weighted by Gasteiger charge is 2.33. The zero-order valence-electron chi connectivity index (χ0n) is 22.1. The average Bonchev–Trinajstić information content (AvgIpc) is 2.89. The fourth-order valence-electron chi connectivity index (χ4n) is 4.34. The molecule has 0 aliphatic carbocycles. The van der Waals surface area contributed by atoms with Crippen LogP contribution in [0.1, 0.15) is 65.4 Å². The Bertz CT molecular complexity index is 1250. The molecule has 3 rings (SSSR count). The molecule has 1 N–H and O–H groups in total. The smallest absolute Gasteiger partial charge is 0.348 e. The number of halogens is 1. The van der Waals surface area contributed by atoms with E-state index in [9.17, 15) is 9.59 Å². The van der Waals surface area contributed by atoms with E-state index in [1.165, 1.54) is 0 Å². The molecular weight excluding hydrogens is 492 g/mol. The van der Waals surface area contributed by atoms with E-state index in [4.69, 9.17) is 21.1 Å². The Hall–Kier alpha value is -3.10. The Labute approximate surface area is 222 Å². The van der Waals surface area contributed by atoms with Crippen LogP contribution in [-0.4, -0.2) is 44.5 Å². The van der Waals surface area contributed by atoms with Crippen LogP contribution in [0.4, 0.5) is 0 Å². The SMILES string of the molecule is CCC[C@@H](C)Oc1ccc(-c2nc(-c3cc(CCC(=O)C(CC)(CC)OC)ccc3Cl)[nH]c(=O)n2)cn1. The van der Waals surface area contributed by atoms with Crippen LogP contribution in [0.25, 0.3) is 22.8 Å². The third-order valence-corrected chi connectivity index (χ3v) is 6.96. The van der Waals surface area contributed by atoms with Crippen molar-refractivity contribution in [2.24, 2.45) is 0 Å². The number of hydrogen-bond donors (Lipinski definition) is 1. The van der Waals surface area contributed by atoms with Crippen LogP contribution in [0.15, 0.2) is 41.3 Å². The number of aryl methyl sites for hydroxylation is 1. The zero-order chi connectivity index (χ0) is 27.0. The molecule has 0 unspecified atom stereocenters. The van der Waals surface area contributed by atoms with Crippen LogP contribution in [-0.2, 0) is 16.0 Å². The number of ether oxygens (including phenoxy) is 2. The van der Waals surface area contributed by atoms with Crippen LogP contribution < -0.4 is 10.4 Å². The molecule has 0 aliphatic heterocycles. The molecule has 3 aromatic rings. The maximum atomic E-state index is 12.9. The molecule has 198 valence electrons. The number of benzene rings is 1. The molecule has 37 heavy (non-hydrogen) atoms. The predicted molar refractivity (Wildman–Crippen MR) is 145 cm³/mol. The lowest BCUT2D eigenvalue weighted by Gasteiger charge is -2.28. The van der Waals surface area contributed by atoms with Crippen molar-refractivity contribution in [1.29, 1.82) is 0 Å². The van der Waals surface area contributed by atoms with Gasteiger partial charge < -0.3 is 9.47 Å². The van der Waals surface area contributed by atoms with Gasteiger partial charge in [0.1, 0.15) is 11.4 Å². The summed E-state index contributed by atoms with van der Waals surface area (Å²) in [6, 6.07) is 8.96. The number of methoxy groups -OCH3 is 1. The second-order valence-corrected chi connectivity index (χ2v) is 9.48.